The van der Waals surface area contributed by atoms with Crippen molar-refractivity contribution in [2.24, 2.45) is 0 Å². The molecule has 88 valence electrons. The second-order valence-corrected chi connectivity index (χ2v) is 3.13. The number of benzene rings is 1. The molecular formula is C11H14O5. The maximum atomic E-state index is 11.6. The molecular weight excluding hydrogens is 212 g/mol. The number of hydrogen-bond donors (Lipinski definition) is 2. The molecule has 0 aromatic heterocycles. The minimum absolute atomic E-state index is 0.0247. The van der Waals surface area contributed by atoms with Crippen molar-refractivity contribution < 1.29 is 24.5 Å². The zero-order valence-electron chi connectivity index (χ0n) is 9.40. The van der Waals surface area contributed by atoms with Gasteiger partial charge in [0.1, 0.15) is 11.3 Å². The number of carbonyl (C=O) groups is 1. The highest BCUT2D eigenvalue weighted by molar-refractivity contribution is 6.02. The zero-order valence-corrected chi connectivity index (χ0v) is 9.40. The summed E-state index contributed by atoms with van der Waals surface area (Å²) in [5.41, 5.74) is -0.0247. The Morgan fingerprint density at radius 2 is 1.75 bits per heavy atom. The molecule has 0 heterocycles. The number of aromatic hydroxyl groups is 2. The lowest BCUT2D eigenvalue weighted by molar-refractivity contribution is 0.0981. The molecule has 0 radical (unpaired) electrons. The van der Waals surface area contributed by atoms with Crippen LogP contribution in [0.1, 0.15) is 23.7 Å². The second kappa shape index (κ2) is 4.74. The molecule has 0 bridgehead atoms. The first kappa shape index (κ1) is 12.2. The molecule has 5 heteroatoms. The predicted octanol–water partition coefficient (Wildman–Crippen LogP) is 1.71. The summed E-state index contributed by atoms with van der Waals surface area (Å²) in [4.78, 5) is 11.6. The van der Waals surface area contributed by atoms with E-state index in [4.69, 9.17) is 9.47 Å². The summed E-state index contributed by atoms with van der Waals surface area (Å²) >= 11 is 0. The number of methoxy groups -OCH3 is 2. The molecule has 0 aliphatic carbocycles. The lowest BCUT2D eigenvalue weighted by atomic mass is 10.1. The number of phenolic OH excluding ortho intramolecular Hbond substituents is 2. The molecule has 2 N–H and O–H groups in total. The Bertz CT molecular complexity index is 411. The molecule has 0 spiro atoms. The van der Waals surface area contributed by atoms with Gasteiger partial charge in [-0.05, 0) is 0 Å². The molecule has 1 aromatic carbocycles. The van der Waals surface area contributed by atoms with Gasteiger partial charge in [-0.2, -0.15) is 0 Å². The Hall–Kier alpha value is -1.91. The van der Waals surface area contributed by atoms with Gasteiger partial charge in [-0.15, -0.1) is 0 Å². The van der Waals surface area contributed by atoms with E-state index in [2.05, 4.69) is 0 Å². The number of ether oxygens (including phenoxy) is 2. The van der Waals surface area contributed by atoms with Crippen molar-refractivity contribution in [1.82, 2.24) is 0 Å². The number of ketones is 1. The fourth-order valence-corrected chi connectivity index (χ4v) is 1.37. The van der Waals surface area contributed by atoms with Crippen LogP contribution in [0.3, 0.4) is 0 Å². The van der Waals surface area contributed by atoms with Crippen LogP contribution in [0.25, 0.3) is 0 Å². The summed E-state index contributed by atoms with van der Waals surface area (Å²) in [6, 6.07) is 1.36. The highest BCUT2D eigenvalue weighted by atomic mass is 16.5. The molecule has 0 atom stereocenters. The van der Waals surface area contributed by atoms with Crippen molar-refractivity contribution in [2.75, 3.05) is 14.2 Å². The number of rotatable bonds is 4. The number of hydrogen-bond acceptors (Lipinski definition) is 5. The highest BCUT2D eigenvalue weighted by Gasteiger charge is 2.22. The average Bonchev–Trinajstić information content (AvgIpc) is 2.31. The average molecular weight is 226 g/mol. The van der Waals surface area contributed by atoms with Gasteiger partial charge in [0, 0.05) is 12.5 Å². The quantitative estimate of drug-likeness (QED) is 0.603. The van der Waals surface area contributed by atoms with E-state index in [1.807, 2.05) is 0 Å². The number of phenols is 2. The van der Waals surface area contributed by atoms with Gasteiger partial charge in [0.25, 0.3) is 0 Å². The van der Waals surface area contributed by atoms with Gasteiger partial charge in [-0.3, -0.25) is 4.79 Å². The molecule has 0 saturated heterocycles. The van der Waals surface area contributed by atoms with Crippen LogP contribution in [0, 0.1) is 0 Å². The Morgan fingerprint density at radius 3 is 2.19 bits per heavy atom. The third kappa shape index (κ3) is 1.88. The monoisotopic (exact) mass is 226 g/mol. The van der Waals surface area contributed by atoms with Gasteiger partial charge < -0.3 is 19.7 Å². The fraction of sp³-hybridized carbons (Fsp3) is 0.364. The standard InChI is InChI=1S/C11H14O5/c1-4-6(12)9-7(15-2)5-8(16-3)10(13)11(9)14/h5,13-14H,4H2,1-3H3. The molecule has 1 rings (SSSR count). The van der Waals surface area contributed by atoms with Crippen LogP contribution in [0.5, 0.6) is 23.0 Å². The van der Waals surface area contributed by atoms with Crippen LogP contribution in [0.15, 0.2) is 6.07 Å². The van der Waals surface area contributed by atoms with Crippen molar-refractivity contribution in [3.8, 4) is 23.0 Å². The smallest absolute Gasteiger partial charge is 0.201 e. The minimum Gasteiger partial charge on any atom is -0.504 e. The molecule has 0 aliphatic rings. The third-order valence-electron chi connectivity index (χ3n) is 2.24. The fourth-order valence-electron chi connectivity index (χ4n) is 1.37. The van der Waals surface area contributed by atoms with Crippen LogP contribution < -0.4 is 9.47 Å². The molecule has 0 saturated carbocycles. The van der Waals surface area contributed by atoms with E-state index < -0.39 is 11.5 Å². The van der Waals surface area contributed by atoms with Gasteiger partial charge in [0.2, 0.25) is 5.75 Å². The van der Waals surface area contributed by atoms with Crippen LogP contribution >= 0.6 is 0 Å². The summed E-state index contributed by atoms with van der Waals surface area (Å²) in [7, 11) is 2.72. The summed E-state index contributed by atoms with van der Waals surface area (Å²) in [6.45, 7) is 1.66. The van der Waals surface area contributed by atoms with Gasteiger partial charge in [-0.25, -0.2) is 0 Å². The second-order valence-electron chi connectivity index (χ2n) is 3.13. The van der Waals surface area contributed by atoms with E-state index in [0.717, 1.165) is 0 Å². The number of carbonyl (C=O) groups excluding carboxylic acids is 1. The van der Waals surface area contributed by atoms with Crippen molar-refractivity contribution >= 4 is 5.78 Å². The lowest BCUT2D eigenvalue weighted by Gasteiger charge is -2.13. The maximum Gasteiger partial charge on any atom is 0.201 e. The molecule has 0 fully saturated rings. The van der Waals surface area contributed by atoms with Gasteiger partial charge in [0.15, 0.2) is 17.3 Å². The molecule has 1 aromatic rings. The van der Waals surface area contributed by atoms with E-state index in [-0.39, 0.29) is 29.3 Å². The molecule has 5 nitrogen and oxygen atoms in total. The highest BCUT2D eigenvalue weighted by Crippen LogP contribution is 2.43. The summed E-state index contributed by atoms with van der Waals surface area (Å²) < 4.78 is 9.81. The van der Waals surface area contributed by atoms with Crippen molar-refractivity contribution in [1.29, 1.82) is 0 Å². The summed E-state index contributed by atoms with van der Waals surface area (Å²) in [6.07, 6.45) is 0.204. The Balaban J connectivity index is 3.47. The molecule has 0 amide bonds. The van der Waals surface area contributed by atoms with Crippen LogP contribution in [0.2, 0.25) is 0 Å². The first-order valence-electron chi connectivity index (χ1n) is 4.76. The third-order valence-corrected chi connectivity index (χ3v) is 2.24. The van der Waals surface area contributed by atoms with Crippen molar-refractivity contribution in [3.05, 3.63) is 11.6 Å². The SMILES string of the molecule is CCC(=O)c1c(OC)cc(OC)c(O)c1O. The summed E-state index contributed by atoms with van der Waals surface area (Å²) in [5.74, 6) is -1.04. The number of Topliss-reactive ketones (excluding diaryl/α,β-unsaturated/α-hetero) is 1. The van der Waals surface area contributed by atoms with E-state index >= 15 is 0 Å². The Morgan fingerprint density at radius 1 is 1.19 bits per heavy atom. The normalized spacial score (nSPS) is 9.94. The zero-order chi connectivity index (χ0) is 12.3. The minimum atomic E-state index is -0.511. The lowest BCUT2D eigenvalue weighted by Crippen LogP contribution is -2.02. The van der Waals surface area contributed by atoms with Crippen LogP contribution in [-0.4, -0.2) is 30.2 Å². The molecule has 16 heavy (non-hydrogen) atoms. The van der Waals surface area contributed by atoms with E-state index in [1.54, 1.807) is 6.92 Å². The first-order valence-corrected chi connectivity index (χ1v) is 4.76. The Labute approximate surface area is 93.2 Å². The van der Waals surface area contributed by atoms with Crippen molar-refractivity contribution in [2.45, 2.75) is 13.3 Å². The van der Waals surface area contributed by atoms with Crippen LogP contribution in [-0.2, 0) is 0 Å². The van der Waals surface area contributed by atoms with Gasteiger partial charge >= 0.3 is 0 Å². The van der Waals surface area contributed by atoms with Gasteiger partial charge in [0.05, 0.1) is 14.2 Å². The van der Waals surface area contributed by atoms with E-state index in [9.17, 15) is 15.0 Å². The summed E-state index contributed by atoms with van der Waals surface area (Å²) in [5, 5.41) is 19.3. The Kier molecular flexibility index (Phi) is 3.60. The van der Waals surface area contributed by atoms with E-state index in [0.29, 0.717) is 0 Å². The molecule has 0 aliphatic heterocycles. The van der Waals surface area contributed by atoms with Crippen LogP contribution in [0.4, 0.5) is 0 Å². The predicted molar refractivity (Wildman–Crippen MR) is 57.5 cm³/mol. The largest absolute Gasteiger partial charge is 0.504 e. The van der Waals surface area contributed by atoms with Crippen molar-refractivity contribution in [3.63, 3.8) is 0 Å². The van der Waals surface area contributed by atoms with Gasteiger partial charge in [-0.1, -0.05) is 6.92 Å². The molecule has 0 unspecified atom stereocenters. The maximum absolute atomic E-state index is 11.6. The first-order chi connectivity index (χ1) is 7.56. The van der Waals surface area contributed by atoms with E-state index in [1.165, 1.54) is 20.3 Å². The topological polar surface area (TPSA) is 76.0 Å².